The summed E-state index contributed by atoms with van der Waals surface area (Å²) in [5.41, 5.74) is 2.54. The normalized spacial score (nSPS) is 17.3. The number of hydrogen-bond donors (Lipinski definition) is 2. The van der Waals surface area contributed by atoms with Crippen molar-refractivity contribution in [2.24, 2.45) is 0 Å². The second kappa shape index (κ2) is 5.87. The molecule has 1 aliphatic rings. The van der Waals surface area contributed by atoms with Crippen molar-refractivity contribution < 1.29 is 0 Å². The van der Waals surface area contributed by atoms with Gasteiger partial charge in [-0.15, -0.1) is 0 Å². The van der Waals surface area contributed by atoms with Gasteiger partial charge >= 0.3 is 0 Å². The molecule has 0 atom stereocenters. The molecule has 1 aromatic rings. The third kappa shape index (κ3) is 3.51. The van der Waals surface area contributed by atoms with Crippen LogP contribution >= 0.6 is 0 Å². The van der Waals surface area contributed by atoms with Gasteiger partial charge in [-0.25, -0.2) is 0 Å². The highest BCUT2D eigenvalue weighted by Crippen LogP contribution is 2.07. The van der Waals surface area contributed by atoms with Gasteiger partial charge in [0.1, 0.15) is 0 Å². The Bertz CT molecular complexity index is 301. The number of hydrogen-bond acceptors (Lipinski definition) is 3. The van der Waals surface area contributed by atoms with E-state index in [0.717, 1.165) is 26.2 Å². The summed E-state index contributed by atoms with van der Waals surface area (Å²) in [6, 6.07) is 8.58. The molecule has 1 fully saturated rings. The molecular formula is C13H21N3. The fourth-order valence-corrected chi connectivity index (χ4v) is 1.96. The highest BCUT2D eigenvalue weighted by atomic mass is 15.2. The molecule has 2 N–H and O–H groups in total. The van der Waals surface area contributed by atoms with Crippen molar-refractivity contribution in [2.75, 3.05) is 44.6 Å². The van der Waals surface area contributed by atoms with Crippen LogP contribution in [0.15, 0.2) is 24.3 Å². The van der Waals surface area contributed by atoms with E-state index in [0.29, 0.717) is 0 Å². The number of nitrogens with one attached hydrogen (secondary N) is 2. The second-order valence-corrected chi connectivity index (χ2v) is 4.38. The molecule has 2 rings (SSSR count). The first-order valence-corrected chi connectivity index (χ1v) is 6.08. The van der Waals surface area contributed by atoms with Gasteiger partial charge in [-0.05, 0) is 19.1 Å². The molecule has 1 aromatic carbocycles. The Hall–Kier alpha value is -1.06. The number of nitrogens with zero attached hydrogens (tertiary/aromatic N) is 1. The van der Waals surface area contributed by atoms with Gasteiger partial charge in [0.25, 0.3) is 0 Å². The van der Waals surface area contributed by atoms with E-state index in [4.69, 9.17) is 0 Å². The van der Waals surface area contributed by atoms with Crippen LogP contribution in [0.1, 0.15) is 5.56 Å². The smallest absolute Gasteiger partial charge is 0.0340 e. The molecule has 0 bridgehead atoms. The Balaban J connectivity index is 1.69. The van der Waals surface area contributed by atoms with Crippen molar-refractivity contribution in [1.29, 1.82) is 0 Å². The van der Waals surface area contributed by atoms with E-state index in [1.165, 1.54) is 24.3 Å². The van der Waals surface area contributed by atoms with Crippen LogP contribution in [0.4, 0.5) is 5.69 Å². The topological polar surface area (TPSA) is 27.3 Å². The minimum atomic E-state index is 1.03. The molecule has 3 nitrogen and oxygen atoms in total. The molecule has 0 aliphatic carbocycles. The molecule has 1 saturated heterocycles. The molecule has 0 spiro atoms. The molecule has 88 valence electrons. The fraction of sp³-hybridized carbons (Fsp3) is 0.538. The molecule has 1 heterocycles. The van der Waals surface area contributed by atoms with E-state index in [1.807, 2.05) is 0 Å². The van der Waals surface area contributed by atoms with E-state index in [1.54, 1.807) is 0 Å². The number of anilines is 1. The van der Waals surface area contributed by atoms with Crippen LogP contribution in [0.2, 0.25) is 0 Å². The quantitative estimate of drug-likeness (QED) is 0.799. The zero-order valence-electron chi connectivity index (χ0n) is 10.00. The van der Waals surface area contributed by atoms with E-state index in [-0.39, 0.29) is 0 Å². The van der Waals surface area contributed by atoms with Crippen LogP contribution in [0, 0.1) is 6.92 Å². The van der Waals surface area contributed by atoms with Crippen molar-refractivity contribution in [2.45, 2.75) is 6.92 Å². The lowest BCUT2D eigenvalue weighted by molar-refractivity contribution is 0.249. The zero-order chi connectivity index (χ0) is 11.2. The van der Waals surface area contributed by atoms with Crippen molar-refractivity contribution >= 4 is 5.69 Å². The maximum Gasteiger partial charge on any atom is 0.0340 e. The minimum Gasteiger partial charge on any atom is -0.384 e. The molecule has 0 unspecified atom stereocenters. The van der Waals surface area contributed by atoms with E-state index in [2.05, 4.69) is 46.7 Å². The standard InChI is InChI=1S/C13H21N3/c1-12-2-4-13(5-3-12)15-8-11-16-9-6-14-7-10-16/h2-5,14-15H,6-11H2,1H3. The van der Waals surface area contributed by atoms with Gasteiger partial charge in [0.2, 0.25) is 0 Å². The summed E-state index contributed by atoms with van der Waals surface area (Å²) in [5, 5.41) is 6.82. The van der Waals surface area contributed by atoms with Gasteiger partial charge < -0.3 is 10.6 Å². The average Bonchev–Trinajstić information content (AvgIpc) is 2.33. The predicted octanol–water partition coefficient (Wildman–Crippen LogP) is 1.31. The number of piperazine rings is 1. The molecule has 0 saturated carbocycles. The number of aryl methyl sites for hydroxylation is 1. The first-order chi connectivity index (χ1) is 7.84. The van der Waals surface area contributed by atoms with E-state index < -0.39 is 0 Å². The van der Waals surface area contributed by atoms with Crippen LogP contribution in [0.5, 0.6) is 0 Å². The lowest BCUT2D eigenvalue weighted by Gasteiger charge is -2.27. The van der Waals surface area contributed by atoms with Gasteiger partial charge in [-0.3, -0.25) is 4.90 Å². The summed E-state index contributed by atoms with van der Waals surface area (Å²) >= 11 is 0. The van der Waals surface area contributed by atoms with Gasteiger partial charge in [-0.1, -0.05) is 17.7 Å². The lowest BCUT2D eigenvalue weighted by Crippen LogP contribution is -2.45. The van der Waals surface area contributed by atoms with Gasteiger partial charge in [-0.2, -0.15) is 0 Å². The summed E-state index contributed by atoms with van der Waals surface area (Å²) in [6.45, 7) is 8.89. The van der Waals surface area contributed by atoms with Crippen LogP contribution in [0.3, 0.4) is 0 Å². The van der Waals surface area contributed by atoms with Crippen molar-refractivity contribution in [3.05, 3.63) is 29.8 Å². The molecule has 0 radical (unpaired) electrons. The number of rotatable bonds is 4. The molecule has 0 amide bonds. The van der Waals surface area contributed by atoms with Gasteiger partial charge in [0, 0.05) is 45.0 Å². The van der Waals surface area contributed by atoms with Crippen molar-refractivity contribution in [3.63, 3.8) is 0 Å². The van der Waals surface area contributed by atoms with Crippen LogP contribution < -0.4 is 10.6 Å². The van der Waals surface area contributed by atoms with Crippen molar-refractivity contribution in [1.82, 2.24) is 10.2 Å². The predicted molar refractivity (Wildman–Crippen MR) is 69.0 cm³/mol. The molecule has 16 heavy (non-hydrogen) atoms. The third-order valence-corrected chi connectivity index (χ3v) is 3.02. The summed E-state index contributed by atoms with van der Waals surface area (Å²) in [7, 11) is 0. The van der Waals surface area contributed by atoms with E-state index >= 15 is 0 Å². The Morgan fingerprint density at radius 3 is 2.56 bits per heavy atom. The first-order valence-electron chi connectivity index (χ1n) is 6.08. The summed E-state index contributed by atoms with van der Waals surface area (Å²) < 4.78 is 0. The fourth-order valence-electron chi connectivity index (χ4n) is 1.96. The largest absolute Gasteiger partial charge is 0.384 e. The summed E-state index contributed by atoms with van der Waals surface area (Å²) in [4.78, 5) is 2.50. The SMILES string of the molecule is Cc1ccc(NCCN2CCNCC2)cc1. The third-order valence-electron chi connectivity index (χ3n) is 3.02. The minimum absolute atomic E-state index is 1.03. The average molecular weight is 219 g/mol. The van der Waals surface area contributed by atoms with Gasteiger partial charge in [0.05, 0.1) is 0 Å². The summed E-state index contributed by atoms with van der Waals surface area (Å²) in [6.07, 6.45) is 0. The maximum absolute atomic E-state index is 3.46. The number of benzene rings is 1. The highest BCUT2D eigenvalue weighted by Gasteiger charge is 2.07. The second-order valence-electron chi connectivity index (χ2n) is 4.38. The Labute approximate surface area is 97.8 Å². The Morgan fingerprint density at radius 1 is 1.19 bits per heavy atom. The van der Waals surface area contributed by atoms with Crippen LogP contribution in [-0.2, 0) is 0 Å². The molecule has 1 aliphatic heterocycles. The summed E-state index contributed by atoms with van der Waals surface area (Å²) in [5.74, 6) is 0. The van der Waals surface area contributed by atoms with Crippen LogP contribution in [-0.4, -0.2) is 44.2 Å². The molecule has 3 heteroatoms. The van der Waals surface area contributed by atoms with Gasteiger partial charge in [0.15, 0.2) is 0 Å². The first kappa shape index (κ1) is 11.4. The van der Waals surface area contributed by atoms with E-state index in [9.17, 15) is 0 Å². The zero-order valence-corrected chi connectivity index (χ0v) is 10.00. The Kier molecular flexibility index (Phi) is 4.19. The lowest BCUT2D eigenvalue weighted by atomic mass is 10.2. The maximum atomic E-state index is 3.46. The molecular weight excluding hydrogens is 198 g/mol. The monoisotopic (exact) mass is 219 g/mol. The van der Waals surface area contributed by atoms with Crippen LogP contribution in [0.25, 0.3) is 0 Å². The molecule has 0 aromatic heterocycles. The highest BCUT2D eigenvalue weighted by molar-refractivity contribution is 5.44. The Morgan fingerprint density at radius 2 is 1.88 bits per heavy atom. The van der Waals surface area contributed by atoms with Crippen molar-refractivity contribution in [3.8, 4) is 0 Å².